The van der Waals surface area contributed by atoms with Crippen molar-refractivity contribution in [2.75, 3.05) is 0 Å². The molecule has 0 aromatic heterocycles. The fourth-order valence-electron chi connectivity index (χ4n) is 2.40. The summed E-state index contributed by atoms with van der Waals surface area (Å²) in [6.45, 7) is 0.506. The zero-order valence-corrected chi connectivity index (χ0v) is 13.2. The molecule has 0 spiro atoms. The van der Waals surface area contributed by atoms with Gasteiger partial charge in [0, 0.05) is 19.0 Å². The van der Waals surface area contributed by atoms with Crippen LogP contribution in [0.3, 0.4) is 0 Å². The maximum absolute atomic E-state index is 11.8. The Morgan fingerprint density at radius 3 is 2.17 bits per heavy atom. The van der Waals surface area contributed by atoms with E-state index in [4.69, 9.17) is 5.73 Å². The number of aliphatic hydroxyl groups excluding tert-OH is 1. The Morgan fingerprint density at radius 2 is 1.57 bits per heavy atom. The summed E-state index contributed by atoms with van der Waals surface area (Å²) >= 11 is 0. The Labute approximate surface area is 137 Å². The summed E-state index contributed by atoms with van der Waals surface area (Å²) in [4.78, 5) is 11.8. The lowest BCUT2D eigenvalue weighted by molar-refractivity contribution is -0.121. The smallest absolute Gasteiger partial charge is 0.220 e. The van der Waals surface area contributed by atoms with Gasteiger partial charge in [0.15, 0.2) is 0 Å². The van der Waals surface area contributed by atoms with E-state index in [0.717, 1.165) is 11.1 Å². The highest BCUT2D eigenvalue weighted by atomic mass is 16.3. The van der Waals surface area contributed by atoms with Crippen molar-refractivity contribution in [3.63, 3.8) is 0 Å². The number of rotatable bonds is 8. The van der Waals surface area contributed by atoms with Gasteiger partial charge in [0.2, 0.25) is 5.91 Å². The number of hydrogen-bond acceptors (Lipinski definition) is 3. The van der Waals surface area contributed by atoms with Gasteiger partial charge in [-0.1, -0.05) is 60.7 Å². The molecule has 1 amide bonds. The number of nitrogens with one attached hydrogen (secondary N) is 1. The van der Waals surface area contributed by atoms with Crippen molar-refractivity contribution in [1.82, 2.24) is 5.32 Å². The van der Waals surface area contributed by atoms with E-state index in [9.17, 15) is 9.90 Å². The van der Waals surface area contributed by atoms with Crippen molar-refractivity contribution >= 4 is 5.91 Å². The lowest BCUT2D eigenvalue weighted by Gasteiger charge is -2.18. The minimum absolute atomic E-state index is 0.0696. The Hall–Kier alpha value is -2.17. The monoisotopic (exact) mass is 312 g/mol. The van der Waals surface area contributed by atoms with Crippen molar-refractivity contribution in [2.24, 2.45) is 5.73 Å². The summed E-state index contributed by atoms with van der Waals surface area (Å²) in [7, 11) is 0. The van der Waals surface area contributed by atoms with Gasteiger partial charge in [0.1, 0.15) is 0 Å². The fourth-order valence-corrected chi connectivity index (χ4v) is 2.40. The summed E-state index contributed by atoms with van der Waals surface area (Å²) in [5.74, 6) is -0.0696. The second kappa shape index (κ2) is 9.08. The van der Waals surface area contributed by atoms with Crippen LogP contribution in [0.4, 0.5) is 0 Å². The number of amides is 1. The Morgan fingerprint density at radius 1 is 1.00 bits per heavy atom. The van der Waals surface area contributed by atoms with E-state index in [2.05, 4.69) is 5.32 Å². The third kappa shape index (κ3) is 6.22. The maximum Gasteiger partial charge on any atom is 0.220 e. The molecular formula is C19H24N2O2. The van der Waals surface area contributed by atoms with Crippen molar-refractivity contribution in [1.29, 1.82) is 0 Å². The van der Waals surface area contributed by atoms with Gasteiger partial charge < -0.3 is 16.2 Å². The number of carbonyl (C=O) groups excluding carboxylic acids is 1. The molecule has 0 saturated carbocycles. The van der Waals surface area contributed by atoms with Gasteiger partial charge >= 0.3 is 0 Å². The number of benzene rings is 2. The molecule has 0 aliphatic carbocycles. The lowest BCUT2D eigenvalue weighted by Crippen LogP contribution is -2.37. The Bertz CT molecular complexity index is 587. The molecule has 0 aliphatic rings. The van der Waals surface area contributed by atoms with E-state index >= 15 is 0 Å². The second-order valence-corrected chi connectivity index (χ2v) is 5.72. The van der Waals surface area contributed by atoms with Crippen molar-refractivity contribution in [3.05, 3.63) is 71.8 Å². The van der Waals surface area contributed by atoms with Crippen molar-refractivity contribution < 1.29 is 9.90 Å². The van der Waals surface area contributed by atoms with Crippen molar-refractivity contribution in [3.8, 4) is 0 Å². The zero-order chi connectivity index (χ0) is 16.5. The highest BCUT2D eigenvalue weighted by Gasteiger charge is 2.16. The first-order valence-electron chi connectivity index (χ1n) is 7.93. The van der Waals surface area contributed by atoms with Crippen LogP contribution in [0.15, 0.2) is 60.7 Å². The molecule has 0 heterocycles. The van der Waals surface area contributed by atoms with Crippen LogP contribution in [0.2, 0.25) is 0 Å². The number of aliphatic hydroxyl groups is 1. The third-order valence-corrected chi connectivity index (χ3v) is 3.81. The first kappa shape index (κ1) is 17.2. The number of hydrogen-bond donors (Lipinski definition) is 3. The molecular weight excluding hydrogens is 288 g/mol. The molecule has 0 fully saturated rings. The van der Waals surface area contributed by atoms with Gasteiger partial charge in [-0.2, -0.15) is 0 Å². The highest BCUT2D eigenvalue weighted by Crippen LogP contribution is 2.08. The van der Waals surface area contributed by atoms with E-state index in [0.29, 0.717) is 19.4 Å². The SMILES string of the molecule is NC(Cc1ccccc1)C(O)CCC(=O)NCc1ccccc1. The predicted molar refractivity (Wildman–Crippen MR) is 91.7 cm³/mol. The summed E-state index contributed by atoms with van der Waals surface area (Å²) in [5, 5.41) is 13.0. The normalized spacial score (nSPS) is 13.3. The van der Waals surface area contributed by atoms with Crippen LogP contribution < -0.4 is 11.1 Å². The van der Waals surface area contributed by atoms with E-state index in [1.807, 2.05) is 60.7 Å². The lowest BCUT2D eigenvalue weighted by atomic mass is 9.99. The molecule has 2 rings (SSSR count). The van der Waals surface area contributed by atoms with Crippen LogP contribution in [0.5, 0.6) is 0 Å². The van der Waals surface area contributed by atoms with Gasteiger partial charge in [0.05, 0.1) is 6.10 Å². The molecule has 0 bridgehead atoms. The van der Waals surface area contributed by atoms with Gasteiger partial charge in [-0.3, -0.25) is 4.79 Å². The standard InChI is InChI=1S/C19H24N2O2/c20-17(13-15-7-3-1-4-8-15)18(22)11-12-19(23)21-14-16-9-5-2-6-10-16/h1-10,17-18,22H,11-14,20H2,(H,21,23). The van der Waals surface area contributed by atoms with E-state index in [-0.39, 0.29) is 18.4 Å². The van der Waals surface area contributed by atoms with Crippen LogP contribution in [0.1, 0.15) is 24.0 Å². The van der Waals surface area contributed by atoms with Crippen molar-refractivity contribution in [2.45, 2.75) is 38.0 Å². The first-order chi connectivity index (χ1) is 11.1. The largest absolute Gasteiger partial charge is 0.391 e. The van der Waals surface area contributed by atoms with Crippen LogP contribution in [0, 0.1) is 0 Å². The molecule has 23 heavy (non-hydrogen) atoms. The van der Waals surface area contributed by atoms with Gasteiger partial charge in [-0.05, 0) is 24.0 Å². The number of carbonyl (C=O) groups is 1. The van der Waals surface area contributed by atoms with Crippen LogP contribution in [0.25, 0.3) is 0 Å². The molecule has 4 heteroatoms. The zero-order valence-electron chi connectivity index (χ0n) is 13.2. The van der Waals surface area contributed by atoms with Crippen LogP contribution >= 0.6 is 0 Å². The Balaban J connectivity index is 1.68. The Kier molecular flexibility index (Phi) is 6.78. The first-order valence-corrected chi connectivity index (χ1v) is 7.93. The molecule has 2 unspecified atom stereocenters. The van der Waals surface area contributed by atoms with E-state index < -0.39 is 6.10 Å². The fraction of sp³-hybridized carbons (Fsp3) is 0.316. The molecule has 0 radical (unpaired) electrons. The van der Waals surface area contributed by atoms with Gasteiger partial charge in [-0.15, -0.1) is 0 Å². The molecule has 0 aliphatic heterocycles. The summed E-state index contributed by atoms with van der Waals surface area (Å²) < 4.78 is 0. The third-order valence-electron chi connectivity index (χ3n) is 3.81. The second-order valence-electron chi connectivity index (χ2n) is 5.72. The topological polar surface area (TPSA) is 75.3 Å². The average molecular weight is 312 g/mol. The molecule has 2 atom stereocenters. The van der Waals surface area contributed by atoms with E-state index in [1.54, 1.807) is 0 Å². The maximum atomic E-state index is 11.8. The van der Waals surface area contributed by atoms with Gasteiger partial charge in [0.25, 0.3) is 0 Å². The summed E-state index contributed by atoms with van der Waals surface area (Å²) in [6.07, 6.45) is 0.566. The summed E-state index contributed by atoms with van der Waals surface area (Å²) in [5.41, 5.74) is 8.17. The van der Waals surface area contributed by atoms with Gasteiger partial charge in [-0.25, -0.2) is 0 Å². The minimum atomic E-state index is -0.683. The molecule has 122 valence electrons. The van der Waals surface area contributed by atoms with Crippen LogP contribution in [-0.2, 0) is 17.8 Å². The number of nitrogens with two attached hydrogens (primary N) is 1. The van der Waals surface area contributed by atoms with Crippen LogP contribution in [-0.4, -0.2) is 23.2 Å². The summed E-state index contributed by atoms with van der Waals surface area (Å²) in [6, 6.07) is 19.2. The van der Waals surface area contributed by atoms with E-state index in [1.165, 1.54) is 0 Å². The predicted octanol–water partition coefficient (Wildman–Crippen LogP) is 2.01. The average Bonchev–Trinajstić information content (AvgIpc) is 2.59. The molecule has 2 aromatic carbocycles. The minimum Gasteiger partial charge on any atom is -0.391 e. The highest BCUT2D eigenvalue weighted by molar-refractivity contribution is 5.75. The quantitative estimate of drug-likeness (QED) is 0.698. The molecule has 2 aromatic rings. The molecule has 0 saturated heterocycles. The molecule has 4 N–H and O–H groups in total. The molecule has 4 nitrogen and oxygen atoms in total.